The zero-order valence-electron chi connectivity index (χ0n) is 20.0. The Morgan fingerprint density at radius 1 is 1.00 bits per heavy atom. The molecule has 9 heteroatoms. The summed E-state index contributed by atoms with van der Waals surface area (Å²) in [6, 6.07) is 15.1. The van der Waals surface area contributed by atoms with E-state index in [9.17, 15) is 14.4 Å². The summed E-state index contributed by atoms with van der Waals surface area (Å²) in [5, 5.41) is 3.47. The molecule has 1 spiro atoms. The number of rotatable bonds is 5. The standard InChI is InChI=1S/C27H30ClN3O5/c28-21-9-4-8-20(16-21)25(33)30-13-11-27(12-14-30)31(26(34)19-6-2-1-3-7-19)23(18-36-27)24(32)29-17-22-10-5-15-35-22/h1-4,6-9,16,22-23H,5,10-15,17-18H2,(H,29,32)/t22-,23+/m1/s1. The number of likely N-dealkylation sites (tertiary alicyclic amines) is 1. The van der Waals surface area contributed by atoms with E-state index in [0.717, 1.165) is 12.8 Å². The van der Waals surface area contributed by atoms with Gasteiger partial charge in [-0.1, -0.05) is 35.9 Å². The van der Waals surface area contributed by atoms with Gasteiger partial charge >= 0.3 is 0 Å². The first-order valence-corrected chi connectivity index (χ1v) is 12.8. The van der Waals surface area contributed by atoms with Gasteiger partial charge in [-0.2, -0.15) is 0 Å². The molecule has 3 aliphatic rings. The third kappa shape index (κ3) is 4.98. The summed E-state index contributed by atoms with van der Waals surface area (Å²) in [7, 11) is 0. The van der Waals surface area contributed by atoms with Crippen LogP contribution >= 0.6 is 11.6 Å². The average Bonchev–Trinajstić information content (AvgIpc) is 3.56. The highest BCUT2D eigenvalue weighted by atomic mass is 35.5. The van der Waals surface area contributed by atoms with E-state index in [1.807, 2.05) is 6.07 Å². The molecule has 3 heterocycles. The first-order valence-electron chi connectivity index (χ1n) is 12.4. The summed E-state index contributed by atoms with van der Waals surface area (Å²) < 4.78 is 11.9. The van der Waals surface area contributed by atoms with Gasteiger partial charge in [0.25, 0.3) is 11.8 Å². The summed E-state index contributed by atoms with van der Waals surface area (Å²) in [6.45, 7) is 2.03. The van der Waals surface area contributed by atoms with Crippen LogP contribution in [0.4, 0.5) is 0 Å². The van der Waals surface area contributed by atoms with Crippen molar-refractivity contribution in [1.82, 2.24) is 15.1 Å². The highest BCUT2D eigenvalue weighted by Gasteiger charge is 2.54. The molecule has 0 bridgehead atoms. The minimum Gasteiger partial charge on any atom is -0.376 e. The Labute approximate surface area is 215 Å². The van der Waals surface area contributed by atoms with Crippen LogP contribution in [0.25, 0.3) is 0 Å². The molecule has 3 fully saturated rings. The van der Waals surface area contributed by atoms with Crippen LogP contribution in [0.1, 0.15) is 46.4 Å². The fourth-order valence-electron chi connectivity index (χ4n) is 5.29. The van der Waals surface area contributed by atoms with Crippen LogP contribution < -0.4 is 5.32 Å². The molecule has 0 aliphatic carbocycles. The predicted molar refractivity (Wildman–Crippen MR) is 134 cm³/mol. The monoisotopic (exact) mass is 511 g/mol. The molecule has 0 saturated carbocycles. The molecule has 0 aromatic heterocycles. The molecular weight excluding hydrogens is 482 g/mol. The number of piperidine rings is 1. The third-order valence-electron chi connectivity index (χ3n) is 7.23. The molecule has 0 radical (unpaired) electrons. The van der Waals surface area contributed by atoms with Gasteiger partial charge in [-0.3, -0.25) is 19.3 Å². The van der Waals surface area contributed by atoms with E-state index >= 15 is 0 Å². The van der Waals surface area contributed by atoms with Crippen LogP contribution in [0.2, 0.25) is 5.02 Å². The summed E-state index contributed by atoms with van der Waals surface area (Å²) in [4.78, 5) is 43.4. The topological polar surface area (TPSA) is 88.2 Å². The first kappa shape index (κ1) is 24.7. The van der Waals surface area contributed by atoms with E-state index in [1.165, 1.54) is 0 Å². The van der Waals surface area contributed by atoms with Crippen molar-refractivity contribution in [3.8, 4) is 0 Å². The average molecular weight is 512 g/mol. The minimum absolute atomic E-state index is 0.00393. The molecule has 8 nitrogen and oxygen atoms in total. The number of hydrogen-bond acceptors (Lipinski definition) is 5. The van der Waals surface area contributed by atoms with Crippen molar-refractivity contribution in [1.29, 1.82) is 0 Å². The normalized spacial score (nSPS) is 23.1. The third-order valence-corrected chi connectivity index (χ3v) is 7.47. The van der Waals surface area contributed by atoms with Crippen LogP contribution in [-0.4, -0.2) is 78.2 Å². The predicted octanol–water partition coefficient (Wildman–Crippen LogP) is 3.11. The lowest BCUT2D eigenvalue weighted by Gasteiger charge is -2.44. The minimum atomic E-state index is -0.954. The molecule has 3 aliphatic heterocycles. The second-order valence-corrected chi connectivity index (χ2v) is 9.93. The van der Waals surface area contributed by atoms with Gasteiger partial charge in [-0.15, -0.1) is 0 Å². The molecule has 3 saturated heterocycles. The van der Waals surface area contributed by atoms with E-state index in [2.05, 4.69) is 5.32 Å². The van der Waals surface area contributed by atoms with E-state index in [0.29, 0.717) is 55.2 Å². The Balaban J connectivity index is 1.33. The van der Waals surface area contributed by atoms with Crippen LogP contribution in [0.3, 0.4) is 0 Å². The van der Waals surface area contributed by atoms with Crippen molar-refractivity contribution in [2.24, 2.45) is 0 Å². The highest BCUT2D eigenvalue weighted by Crippen LogP contribution is 2.39. The molecule has 190 valence electrons. The fraction of sp³-hybridized carbons (Fsp3) is 0.444. The van der Waals surface area contributed by atoms with Gasteiger partial charge in [0.2, 0.25) is 5.91 Å². The maximum Gasteiger partial charge on any atom is 0.256 e. The number of nitrogens with zero attached hydrogens (tertiary/aromatic N) is 2. The molecule has 2 aromatic rings. The molecule has 2 aromatic carbocycles. The zero-order chi connectivity index (χ0) is 25.1. The number of carbonyl (C=O) groups is 3. The van der Waals surface area contributed by atoms with Gasteiger partial charge in [-0.25, -0.2) is 0 Å². The van der Waals surface area contributed by atoms with E-state index < -0.39 is 11.8 Å². The number of ether oxygens (including phenoxy) is 2. The number of carbonyl (C=O) groups excluding carboxylic acids is 3. The van der Waals surface area contributed by atoms with Gasteiger partial charge < -0.3 is 19.7 Å². The van der Waals surface area contributed by atoms with Crippen molar-refractivity contribution in [3.63, 3.8) is 0 Å². The summed E-state index contributed by atoms with van der Waals surface area (Å²) >= 11 is 6.07. The Morgan fingerprint density at radius 2 is 1.75 bits per heavy atom. The molecule has 3 amide bonds. The first-order chi connectivity index (χ1) is 17.5. The van der Waals surface area contributed by atoms with Gasteiger partial charge in [-0.05, 0) is 43.2 Å². The van der Waals surface area contributed by atoms with Crippen molar-refractivity contribution in [2.45, 2.75) is 43.6 Å². The molecule has 1 N–H and O–H groups in total. The Bertz CT molecular complexity index is 1110. The van der Waals surface area contributed by atoms with Gasteiger partial charge in [0.1, 0.15) is 11.8 Å². The number of benzene rings is 2. The molecule has 36 heavy (non-hydrogen) atoms. The van der Waals surface area contributed by atoms with Crippen LogP contribution in [-0.2, 0) is 14.3 Å². The van der Waals surface area contributed by atoms with Crippen molar-refractivity contribution >= 4 is 29.3 Å². The second kappa shape index (κ2) is 10.6. The lowest BCUT2D eigenvalue weighted by Crippen LogP contribution is -2.60. The number of halogens is 1. The lowest BCUT2D eigenvalue weighted by molar-refractivity contribution is -0.128. The van der Waals surface area contributed by atoms with E-state index in [4.69, 9.17) is 21.1 Å². The smallest absolute Gasteiger partial charge is 0.256 e. The fourth-order valence-corrected chi connectivity index (χ4v) is 5.48. The van der Waals surface area contributed by atoms with Crippen LogP contribution in [0, 0.1) is 0 Å². The quantitative estimate of drug-likeness (QED) is 0.666. The largest absolute Gasteiger partial charge is 0.376 e. The maximum absolute atomic E-state index is 13.7. The van der Waals surface area contributed by atoms with E-state index in [-0.39, 0.29) is 30.4 Å². The van der Waals surface area contributed by atoms with Gasteiger partial charge in [0.15, 0.2) is 0 Å². The summed E-state index contributed by atoms with van der Waals surface area (Å²) in [5.41, 5.74) is 0.0651. The summed E-state index contributed by atoms with van der Waals surface area (Å²) in [5.74, 6) is -0.610. The van der Waals surface area contributed by atoms with Gasteiger partial charge in [0, 0.05) is 55.2 Å². The molecule has 2 atom stereocenters. The van der Waals surface area contributed by atoms with E-state index in [1.54, 1.807) is 58.3 Å². The molecular formula is C27H30ClN3O5. The molecule has 5 rings (SSSR count). The summed E-state index contributed by atoms with van der Waals surface area (Å²) in [6.07, 6.45) is 2.72. The SMILES string of the molecule is O=C(NC[C@H]1CCCO1)[C@@H]1COC2(CCN(C(=O)c3cccc(Cl)c3)CC2)N1C(=O)c1ccccc1. The number of amides is 3. The lowest BCUT2D eigenvalue weighted by atomic mass is 9.96. The van der Waals surface area contributed by atoms with Gasteiger partial charge in [0.05, 0.1) is 12.7 Å². The Hall–Kier alpha value is -2.94. The van der Waals surface area contributed by atoms with Crippen molar-refractivity contribution < 1.29 is 23.9 Å². The zero-order valence-corrected chi connectivity index (χ0v) is 20.8. The van der Waals surface area contributed by atoms with Crippen molar-refractivity contribution in [2.75, 3.05) is 32.8 Å². The Morgan fingerprint density at radius 3 is 2.44 bits per heavy atom. The maximum atomic E-state index is 13.7. The number of hydrogen-bond donors (Lipinski definition) is 1. The van der Waals surface area contributed by atoms with Crippen molar-refractivity contribution in [3.05, 3.63) is 70.7 Å². The Kier molecular flexibility index (Phi) is 7.27. The number of nitrogens with one attached hydrogen (secondary N) is 1. The van der Waals surface area contributed by atoms with Crippen LogP contribution in [0.15, 0.2) is 54.6 Å². The highest BCUT2D eigenvalue weighted by molar-refractivity contribution is 6.30. The molecule has 0 unspecified atom stereocenters. The second-order valence-electron chi connectivity index (χ2n) is 9.50. The van der Waals surface area contributed by atoms with Crippen LogP contribution in [0.5, 0.6) is 0 Å².